The van der Waals surface area contributed by atoms with Crippen LogP contribution < -0.4 is 0 Å². The van der Waals surface area contributed by atoms with Gasteiger partial charge in [-0.05, 0) is 38.3 Å². The molecule has 0 aliphatic carbocycles. The van der Waals surface area contributed by atoms with E-state index < -0.39 is 0 Å². The van der Waals surface area contributed by atoms with Crippen LogP contribution in [0.25, 0.3) is 0 Å². The predicted octanol–water partition coefficient (Wildman–Crippen LogP) is 2.62. The molecule has 1 aromatic heterocycles. The number of rotatable bonds is 5. The Kier molecular flexibility index (Phi) is 5.77. The maximum atomic E-state index is 12.6. The Balaban J connectivity index is 1.47. The molecular weight excluding hydrogens is 324 g/mol. The van der Waals surface area contributed by atoms with Crippen LogP contribution in [0.3, 0.4) is 0 Å². The number of benzene rings is 1. The summed E-state index contributed by atoms with van der Waals surface area (Å²) in [4.78, 5) is 17.1. The molecule has 0 N–H and O–H groups in total. The number of aromatic nitrogens is 2. The largest absolute Gasteiger partial charge is 0.340 e. The van der Waals surface area contributed by atoms with Gasteiger partial charge in [-0.1, -0.05) is 29.8 Å². The number of carbonyl (C=O) groups is 1. The monoisotopic (exact) mass is 354 g/mol. The minimum absolute atomic E-state index is 0.267. The molecule has 0 unspecified atom stereocenters. The molecule has 1 amide bonds. The highest BCUT2D eigenvalue weighted by atomic mass is 16.2. The smallest absolute Gasteiger partial charge is 0.222 e. The van der Waals surface area contributed by atoms with E-state index in [9.17, 15) is 4.79 Å². The molecule has 0 bridgehead atoms. The van der Waals surface area contributed by atoms with Crippen LogP contribution in [0.1, 0.15) is 34.5 Å². The van der Waals surface area contributed by atoms with E-state index in [1.165, 1.54) is 22.4 Å². The first-order valence-electron chi connectivity index (χ1n) is 9.49. The van der Waals surface area contributed by atoms with Crippen LogP contribution >= 0.6 is 0 Å². The van der Waals surface area contributed by atoms with Crippen molar-refractivity contribution in [1.29, 1.82) is 0 Å². The van der Waals surface area contributed by atoms with Crippen LogP contribution in [-0.4, -0.2) is 51.7 Å². The quantitative estimate of drug-likeness (QED) is 0.829. The number of nitrogens with zero attached hydrogens (tertiary/aromatic N) is 4. The summed E-state index contributed by atoms with van der Waals surface area (Å²) in [6.45, 7) is 10.8. The Morgan fingerprint density at radius 2 is 1.85 bits per heavy atom. The summed E-state index contributed by atoms with van der Waals surface area (Å²) in [6, 6.07) is 8.68. The highest BCUT2D eigenvalue weighted by Crippen LogP contribution is 2.16. The Morgan fingerprint density at radius 1 is 1.12 bits per heavy atom. The predicted molar refractivity (Wildman–Crippen MR) is 104 cm³/mol. The highest BCUT2D eigenvalue weighted by molar-refractivity contribution is 5.76. The lowest BCUT2D eigenvalue weighted by atomic mass is 10.1. The van der Waals surface area contributed by atoms with Gasteiger partial charge in [-0.2, -0.15) is 5.10 Å². The van der Waals surface area contributed by atoms with Crippen LogP contribution in [0, 0.1) is 20.8 Å². The third-order valence-corrected chi connectivity index (χ3v) is 5.46. The van der Waals surface area contributed by atoms with Gasteiger partial charge in [-0.15, -0.1) is 0 Å². The van der Waals surface area contributed by atoms with E-state index >= 15 is 0 Å². The number of piperazine rings is 1. The molecule has 1 fully saturated rings. The van der Waals surface area contributed by atoms with Crippen molar-refractivity contribution in [3.63, 3.8) is 0 Å². The van der Waals surface area contributed by atoms with E-state index in [1.54, 1.807) is 0 Å². The van der Waals surface area contributed by atoms with Crippen molar-refractivity contribution in [3.8, 4) is 0 Å². The van der Waals surface area contributed by atoms with Crippen molar-refractivity contribution in [3.05, 3.63) is 52.3 Å². The molecule has 140 valence electrons. The summed E-state index contributed by atoms with van der Waals surface area (Å²) >= 11 is 0. The second kappa shape index (κ2) is 8.04. The molecule has 1 aliphatic rings. The van der Waals surface area contributed by atoms with Gasteiger partial charge in [0.25, 0.3) is 0 Å². The van der Waals surface area contributed by atoms with Gasteiger partial charge in [0.2, 0.25) is 5.91 Å². The van der Waals surface area contributed by atoms with E-state index in [-0.39, 0.29) is 5.91 Å². The molecule has 0 saturated carbocycles. The molecule has 2 heterocycles. The van der Waals surface area contributed by atoms with Crippen LogP contribution in [0.5, 0.6) is 0 Å². The van der Waals surface area contributed by atoms with Gasteiger partial charge in [0, 0.05) is 51.9 Å². The van der Waals surface area contributed by atoms with Crippen molar-refractivity contribution < 1.29 is 4.79 Å². The average molecular weight is 354 g/mol. The first-order valence-corrected chi connectivity index (χ1v) is 9.49. The zero-order valence-electron chi connectivity index (χ0n) is 16.5. The van der Waals surface area contributed by atoms with Crippen LogP contribution in [0.4, 0.5) is 0 Å². The fraction of sp³-hybridized carbons (Fsp3) is 0.524. The summed E-state index contributed by atoms with van der Waals surface area (Å²) in [5.41, 5.74) is 6.09. The Morgan fingerprint density at radius 3 is 2.46 bits per heavy atom. The summed E-state index contributed by atoms with van der Waals surface area (Å²) < 4.78 is 1.90. The number of hydrogen-bond donors (Lipinski definition) is 0. The van der Waals surface area contributed by atoms with Crippen LogP contribution in [-0.2, 0) is 24.8 Å². The molecular formula is C21H30N4O. The van der Waals surface area contributed by atoms with E-state index in [0.29, 0.717) is 6.42 Å². The Labute approximate surface area is 156 Å². The zero-order chi connectivity index (χ0) is 18.7. The molecule has 0 atom stereocenters. The molecule has 1 aromatic carbocycles. The Hall–Kier alpha value is -2.14. The standard InChI is InChI=1S/C21H30N4O/c1-16-6-5-7-19(14-16)15-24-10-12-25(13-11-24)21(26)9-8-20-17(2)22-23(4)18(20)3/h5-7,14H,8-13,15H2,1-4H3. The van der Waals surface area contributed by atoms with Gasteiger partial charge in [0.05, 0.1) is 5.69 Å². The van der Waals surface area contributed by atoms with E-state index in [1.807, 2.05) is 23.6 Å². The molecule has 0 radical (unpaired) electrons. The Bertz CT molecular complexity index is 772. The summed E-state index contributed by atoms with van der Waals surface area (Å²) in [7, 11) is 1.96. The van der Waals surface area contributed by atoms with Gasteiger partial charge in [-0.3, -0.25) is 14.4 Å². The third kappa shape index (κ3) is 4.33. The second-order valence-electron chi connectivity index (χ2n) is 7.42. The van der Waals surface area contributed by atoms with Crippen molar-refractivity contribution in [2.75, 3.05) is 26.2 Å². The molecule has 0 spiro atoms. The summed E-state index contributed by atoms with van der Waals surface area (Å²) in [5.74, 6) is 0.267. The average Bonchev–Trinajstić information content (AvgIpc) is 2.85. The molecule has 26 heavy (non-hydrogen) atoms. The molecule has 3 rings (SSSR count). The maximum Gasteiger partial charge on any atom is 0.222 e. The number of amides is 1. The molecule has 1 aliphatic heterocycles. The number of aryl methyl sites for hydroxylation is 3. The van der Waals surface area contributed by atoms with E-state index in [4.69, 9.17) is 0 Å². The SMILES string of the molecule is Cc1cccc(CN2CCN(C(=O)CCc3c(C)nn(C)c3C)CC2)c1. The second-order valence-corrected chi connectivity index (χ2v) is 7.42. The van der Waals surface area contributed by atoms with Crippen molar-refractivity contribution >= 4 is 5.91 Å². The van der Waals surface area contributed by atoms with Crippen LogP contribution in [0.2, 0.25) is 0 Å². The first kappa shape index (κ1) is 18.6. The lowest BCUT2D eigenvalue weighted by Crippen LogP contribution is -2.48. The lowest BCUT2D eigenvalue weighted by molar-refractivity contribution is -0.133. The summed E-state index contributed by atoms with van der Waals surface area (Å²) in [5, 5.41) is 4.44. The van der Waals surface area contributed by atoms with Crippen molar-refractivity contribution in [1.82, 2.24) is 19.6 Å². The number of carbonyl (C=O) groups excluding carboxylic acids is 1. The molecule has 5 nitrogen and oxygen atoms in total. The van der Waals surface area contributed by atoms with Gasteiger partial charge in [0.1, 0.15) is 0 Å². The normalized spacial score (nSPS) is 15.5. The lowest BCUT2D eigenvalue weighted by Gasteiger charge is -2.35. The fourth-order valence-electron chi connectivity index (χ4n) is 3.79. The third-order valence-electron chi connectivity index (χ3n) is 5.46. The number of hydrogen-bond acceptors (Lipinski definition) is 3. The van der Waals surface area contributed by atoms with Gasteiger partial charge >= 0.3 is 0 Å². The minimum Gasteiger partial charge on any atom is -0.340 e. The van der Waals surface area contributed by atoms with Gasteiger partial charge < -0.3 is 4.90 Å². The minimum atomic E-state index is 0.267. The molecule has 2 aromatic rings. The fourth-order valence-corrected chi connectivity index (χ4v) is 3.79. The van der Waals surface area contributed by atoms with Gasteiger partial charge in [0.15, 0.2) is 0 Å². The topological polar surface area (TPSA) is 41.4 Å². The molecule has 5 heteroatoms. The summed E-state index contributed by atoms with van der Waals surface area (Å²) in [6.07, 6.45) is 1.36. The van der Waals surface area contributed by atoms with Gasteiger partial charge in [-0.25, -0.2) is 0 Å². The van der Waals surface area contributed by atoms with E-state index in [2.05, 4.69) is 48.1 Å². The van der Waals surface area contributed by atoms with E-state index in [0.717, 1.165) is 44.8 Å². The molecule has 1 saturated heterocycles. The van der Waals surface area contributed by atoms with Crippen LogP contribution in [0.15, 0.2) is 24.3 Å². The maximum absolute atomic E-state index is 12.6. The zero-order valence-corrected chi connectivity index (χ0v) is 16.5. The first-order chi connectivity index (χ1) is 12.4. The van der Waals surface area contributed by atoms with Crippen molar-refractivity contribution in [2.45, 2.75) is 40.2 Å². The highest BCUT2D eigenvalue weighted by Gasteiger charge is 2.21. The van der Waals surface area contributed by atoms with Crippen molar-refractivity contribution in [2.24, 2.45) is 7.05 Å².